The number of hydrogen-bond donors (Lipinski definition) is 1. The molecule has 0 radical (unpaired) electrons. The van der Waals surface area contributed by atoms with E-state index in [1.54, 1.807) is 17.5 Å². The van der Waals surface area contributed by atoms with Crippen LogP contribution in [0.5, 0.6) is 0 Å². The van der Waals surface area contributed by atoms with E-state index in [2.05, 4.69) is 38.3 Å². The molecular formula is C20H24N4OS. The third kappa shape index (κ3) is 5.02. The van der Waals surface area contributed by atoms with Crippen LogP contribution in [0.15, 0.2) is 47.4 Å². The molecule has 1 unspecified atom stereocenters. The van der Waals surface area contributed by atoms with Gasteiger partial charge in [0.25, 0.3) is 0 Å². The first kappa shape index (κ1) is 18.3. The molecule has 136 valence electrons. The van der Waals surface area contributed by atoms with Crippen LogP contribution in [0.3, 0.4) is 0 Å². The van der Waals surface area contributed by atoms with E-state index in [4.69, 9.17) is 0 Å². The zero-order valence-corrected chi connectivity index (χ0v) is 16.0. The molecule has 26 heavy (non-hydrogen) atoms. The molecular weight excluding hydrogens is 344 g/mol. The first-order chi connectivity index (χ1) is 12.6. The van der Waals surface area contributed by atoms with Crippen LogP contribution in [0.25, 0.3) is 0 Å². The van der Waals surface area contributed by atoms with Crippen LogP contribution in [-0.4, -0.2) is 20.7 Å². The quantitative estimate of drug-likeness (QED) is 0.657. The molecule has 0 aromatic carbocycles. The molecule has 0 aliphatic rings. The highest BCUT2D eigenvalue weighted by atomic mass is 32.1. The summed E-state index contributed by atoms with van der Waals surface area (Å²) in [5.74, 6) is 0.0654. The number of aromatic nitrogens is 3. The van der Waals surface area contributed by atoms with E-state index in [0.29, 0.717) is 6.42 Å². The minimum absolute atomic E-state index is 0.0560. The molecule has 0 spiro atoms. The number of amides is 1. The number of rotatable bonds is 8. The second-order valence-corrected chi connectivity index (χ2v) is 7.28. The summed E-state index contributed by atoms with van der Waals surface area (Å²) in [6, 6.07) is 8.02. The Hall–Kier alpha value is -2.47. The molecule has 3 rings (SSSR count). The van der Waals surface area contributed by atoms with Crippen LogP contribution in [0.2, 0.25) is 0 Å². The summed E-state index contributed by atoms with van der Waals surface area (Å²) in [7, 11) is 0. The van der Waals surface area contributed by atoms with Gasteiger partial charge in [0, 0.05) is 31.1 Å². The number of thiophene rings is 1. The van der Waals surface area contributed by atoms with Crippen LogP contribution in [0, 0.1) is 13.8 Å². The van der Waals surface area contributed by atoms with Crippen LogP contribution in [-0.2, 0) is 17.8 Å². The zero-order chi connectivity index (χ0) is 18.4. The minimum Gasteiger partial charge on any atom is -0.349 e. The Balaban J connectivity index is 1.57. The van der Waals surface area contributed by atoms with Crippen molar-refractivity contribution in [2.75, 3.05) is 0 Å². The highest BCUT2D eigenvalue weighted by Gasteiger charge is 2.16. The van der Waals surface area contributed by atoms with Gasteiger partial charge in [-0.2, -0.15) is 16.4 Å². The maximum atomic E-state index is 12.5. The van der Waals surface area contributed by atoms with Crippen molar-refractivity contribution in [1.29, 1.82) is 0 Å². The summed E-state index contributed by atoms with van der Waals surface area (Å²) in [5, 5.41) is 11.8. The van der Waals surface area contributed by atoms with E-state index in [-0.39, 0.29) is 11.9 Å². The van der Waals surface area contributed by atoms with Crippen molar-refractivity contribution in [2.24, 2.45) is 0 Å². The standard InChI is InChI=1S/C20H24N4OS/c1-15-11-16(2)24(23-15)9-4-6-20(25)22-19(12-17-7-10-26-14-17)18-5-3-8-21-13-18/h3,5,7-8,10-11,13-14,19H,4,6,9,12H2,1-2H3,(H,22,25). The molecule has 3 heterocycles. The first-order valence-electron chi connectivity index (χ1n) is 8.83. The Labute approximate surface area is 158 Å². The molecule has 6 heteroatoms. The third-order valence-electron chi connectivity index (χ3n) is 4.32. The second kappa shape index (κ2) is 8.76. The molecule has 1 N–H and O–H groups in total. The molecule has 3 aromatic rings. The number of nitrogens with one attached hydrogen (secondary N) is 1. The van der Waals surface area contributed by atoms with E-state index < -0.39 is 0 Å². The number of pyridine rings is 1. The average Bonchev–Trinajstić information content (AvgIpc) is 3.25. The monoisotopic (exact) mass is 368 g/mol. The molecule has 0 saturated carbocycles. The molecule has 5 nitrogen and oxygen atoms in total. The fraction of sp³-hybridized carbons (Fsp3) is 0.350. The lowest BCUT2D eigenvalue weighted by molar-refractivity contribution is -0.122. The van der Waals surface area contributed by atoms with Gasteiger partial charge in [0.15, 0.2) is 0 Å². The minimum atomic E-state index is -0.0560. The smallest absolute Gasteiger partial charge is 0.220 e. The lowest BCUT2D eigenvalue weighted by Crippen LogP contribution is -2.30. The lowest BCUT2D eigenvalue weighted by atomic mass is 10.0. The van der Waals surface area contributed by atoms with E-state index in [1.807, 2.05) is 36.9 Å². The van der Waals surface area contributed by atoms with Gasteiger partial charge in [-0.05, 0) is 66.8 Å². The Bertz CT molecular complexity index is 827. The fourth-order valence-corrected chi connectivity index (χ4v) is 3.72. The van der Waals surface area contributed by atoms with E-state index in [1.165, 1.54) is 5.56 Å². The maximum Gasteiger partial charge on any atom is 0.220 e. The number of hydrogen-bond acceptors (Lipinski definition) is 4. The molecule has 0 saturated heterocycles. The van der Waals surface area contributed by atoms with Crippen molar-refractivity contribution in [3.05, 3.63) is 69.9 Å². The third-order valence-corrected chi connectivity index (χ3v) is 5.05. The number of aryl methyl sites for hydroxylation is 3. The molecule has 3 aromatic heterocycles. The summed E-state index contributed by atoms with van der Waals surface area (Å²) in [6.45, 7) is 4.79. The Morgan fingerprint density at radius 1 is 1.35 bits per heavy atom. The van der Waals surface area contributed by atoms with Gasteiger partial charge in [-0.15, -0.1) is 0 Å². The SMILES string of the molecule is Cc1cc(C)n(CCCC(=O)NC(Cc2ccsc2)c2cccnc2)n1. The normalized spacial score (nSPS) is 12.1. The Morgan fingerprint density at radius 2 is 2.23 bits per heavy atom. The largest absolute Gasteiger partial charge is 0.349 e. The van der Waals surface area contributed by atoms with Crippen LogP contribution < -0.4 is 5.32 Å². The Kier molecular flexibility index (Phi) is 6.17. The molecule has 0 aliphatic heterocycles. The number of carbonyl (C=O) groups is 1. The summed E-state index contributed by atoms with van der Waals surface area (Å²) in [6.07, 6.45) is 5.61. The van der Waals surface area contributed by atoms with Gasteiger partial charge in [-0.3, -0.25) is 14.5 Å². The summed E-state index contributed by atoms with van der Waals surface area (Å²) in [5.41, 5.74) is 4.41. The number of carbonyl (C=O) groups excluding carboxylic acids is 1. The molecule has 1 amide bonds. The van der Waals surface area contributed by atoms with E-state index in [9.17, 15) is 4.79 Å². The van der Waals surface area contributed by atoms with Crippen molar-refractivity contribution >= 4 is 17.2 Å². The van der Waals surface area contributed by atoms with Gasteiger partial charge in [-0.25, -0.2) is 0 Å². The van der Waals surface area contributed by atoms with Crippen molar-refractivity contribution in [3.8, 4) is 0 Å². The van der Waals surface area contributed by atoms with Crippen molar-refractivity contribution in [2.45, 2.75) is 45.7 Å². The van der Waals surface area contributed by atoms with Crippen molar-refractivity contribution in [3.63, 3.8) is 0 Å². The van der Waals surface area contributed by atoms with Crippen LogP contribution in [0.4, 0.5) is 0 Å². The topological polar surface area (TPSA) is 59.8 Å². The highest BCUT2D eigenvalue weighted by Crippen LogP contribution is 2.19. The van der Waals surface area contributed by atoms with E-state index in [0.717, 1.165) is 36.3 Å². The lowest BCUT2D eigenvalue weighted by Gasteiger charge is -2.18. The first-order valence-corrected chi connectivity index (χ1v) is 9.77. The van der Waals surface area contributed by atoms with Gasteiger partial charge in [0.1, 0.15) is 0 Å². The van der Waals surface area contributed by atoms with Crippen LogP contribution in [0.1, 0.15) is 41.4 Å². The number of nitrogens with zero attached hydrogens (tertiary/aromatic N) is 3. The van der Waals surface area contributed by atoms with E-state index >= 15 is 0 Å². The van der Waals surface area contributed by atoms with Crippen LogP contribution >= 0.6 is 11.3 Å². The zero-order valence-electron chi connectivity index (χ0n) is 15.2. The maximum absolute atomic E-state index is 12.5. The predicted molar refractivity (Wildman–Crippen MR) is 104 cm³/mol. The Morgan fingerprint density at radius 3 is 2.88 bits per heavy atom. The van der Waals surface area contributed by atoms with Gasteiger partial charge < -0.3 is 5.32 Å². The van der Waals surface area contributed by atoms with Gasteiger partial charge in [-0.1, -0.05) is 6.07 Å². The predicted octanol–water partition coefficient (Wildman–Crippen LogP) is 3.84. The fourth-order valence-electron chi connectivity index (χ4n) is 3.04. The van der Waals surface area contributed by atoms with Crippen molar-refractivity contribution < 1.29 is 4.79 Å². The molecule has 0 fully saturated rings. The summed E-state index contributed by atoms with van der Waals surface area (Å²) < 4.78 is 1.96. The molecule has 0 aliphatic carbocycles. The summed E-state index contributed by atoms with van der Waals surface area (Å²) >= 11 is 1.67. The summed E-state index contributed by atoms with van der Waals surface area (Å²) in [4.78, 5) is 16.7. The van der Waals surface area contributed by atoms with Crippen molar-refractivity contribution in [1.82, 2.24) is 20.1 Å². The van der Waals surface area contributed by atoms with Gasteiger partial charge >= 0.3 is 0 Å². The van der Waals surface area contributed by atoms with Gasteiger partial charge in [0.2, 0.25) is 5.91 Å². The second-order valence-electron chi connectivity index (χ2n) is 6.50. The highest BCUT2D eigenvalue weighted by molar-refractivity contribution is 7.07. The average molecular weight is 369 g/mol. The molecule has 1 atom stereocenters. The molecule has 0 bridgehead atoms. The van der Waals surface area contributed by atoms with Gasteiger partial charge in [0.05, 0.1) is 11.7 Å².